The van der Waals surface area contributed by atoms with Crippen LogP contribution in [0.15, 0.2) is 54.6 Å². The van der Waals surface area contributed by atoms with Crippen molar-refractivity contribution in [2.75, 3.05) is 24.5 Å². The van der Waals surface area contributed by atoms with Crippen LogP contribution in [0.25, 0.3) is 11.0 Å². The summed E-state index contributed by atoms with van der Waals surface area (Å²) in [5.74, 6) is -0.859. The van der Waals surface area contributed by atoms with Gasteiger partial charge in [0.25, 0.3) is 0 Å². The van der Waals surface area contributed by atoms with Crippen LogP contribution in [0.2, 0.25) is 0 Å². The third-order valence-corrected chi connectivity index (χ3v) is 6.70. The van der Waals surface area contributed by atoms with Gasteiger partial charge in [-0.3, -0.25) is 14.5 Å². The largest absolute Gasteiger partial charge is 0.481 e. The average molecular weight is 462 g/mol. The molecule has 9 nitrogen and oxygen atoms in total. The molecule has 1 atom stereocenters. The van der Waals surface area contributed by atoms with Crippen molar-refractivity contribution >= 4 is 34.9 Å². The number of anilines is 1. The molecule has 0 saturated carbocycles. The Morgan fingerprint density at radius 3 is 2.41 bits per heavy atom. The molecule has 2 aliphatic heterocycles. The number of carbonyl (C=O) groups is 3. The normalized spacial score (nSPS) is 16.9. The third kappa shape index (κ3) is 4.21. The van der Waals surface area contributed by atoms with Gasteiger partial charge < -0.3 is 19.9 Å². The van der Waals surface area contributed by atoms with Gasteiger partial charge in [-0.25, -0.2) is 9.78 Å². The molecule has 3 amide bonds. The van der Waals surface area contributed by atoms with E-state index < -0.39 is 17.9 Å². The minimum Gasteiger partial charge on any atom is -0.481 e. The van der Waals surface area contributed by atoms with E-state index in [1.54, 1.807) is 9.80 Å². The van der Waals surface area contributed by atoms with Gasteiger partial charge in [-0.2, -0.15) is 0 Å². The number of amides is 3. The van der Waals surface area contributed by atoms with E-state index in [1.165, 1.54) is 0 Å². The topological polar surface area (TPSA) is 108 Å². The number of nitrogens with zero attached hydrogens (tertiary/aromatic N) is 4. The lowest BCUT2D eigenvalue weighted by molar-refractivity contribution is -0.146. The van der Waals surface area contributed by atoms with E-state index in [0.717, 1.165) is 16.6 Å². The lowest BCUT2D eigenvalue weighted by atomic mass is 9.96. The summed E-state index contributed by atoms with van der Waals surface area (Å²) < 4.78 is 2.01. The Morgan fingerprint density at radius 2 is 1.68 bits per heavy atom. The van der Waals surface area contributed by atoms with Gasteiger partial charge in [0, 0.05) is 32.6 Å². The lowest BCUT2D eigenvalue weighted by Crippen LogP contribution is -2.54. The first-order valence-electron chi connectivity index (χ1n) is 11.6. The zero-order valence-electron chi connectivity index (χ0n) is 18.8. The van der Waals surface area contributed by atoms with Crippen LogP contribution in [-0.4, -0.2) is 63.1 Å². The molecule has 0 radical (unpaired) electrons. The molecule has 2 aliphatic rings. The number of carboxylic acids is 1. The summed E-state index contributed by atoms with van der Waals surface area (Å²) in [6, 6.07) is 16.2. The van der Waals surface area contributed by atoms with Gasteiger partial charge in [-0.15, -0.1) is 0 Å². The van der Waals surface area contributed by atoms with Crippen LogP contribution >= 0.6 is 0 Å². The Labute approximate surface area is 197 Å². The quantitative estimate of drug-likeness (QED) is 0.607. The standard InChI is InChI=1S/C25H27N5O4/c31-22(28-12-10-18(11-13-28)23(32)33)20(16-17-6-2-1-3-7-17)27-25(34)30-15-14-29-21-9-5-4-8-19(21)26-24(29)30/h1-9,18,20H,10-16H2,(H,27,34)(H,32,33). The molecule has 0 spiro atoms. The van der Waals surface area contributed by atoms with Crippen molar-refractivity contribution in [3.05, 3.63) is 60.2 Å². The highest BCUT2D eigenvalue weighted by Gasteiger charge is 2.34. The van der Waals surface area contributed by atoms with Crippen LogP contribution in [-0.2, 0) is 22.6 Å². The smallest absolute Gasteiger partial charge is 0.324 e. The van der Waals surface area contributed by atoms with Gasteiger partial charge in [0.05, 0.1) is 17.0 Å². The first-order chi connectivity index (χ1) is 16.5. The second kappa shape index (κ2) is 9.17. The highest BCUT2D eigenvalue weighted by molar-refractivity contribution is 5.96. The number of fused-ring (bicyclic) bond motifs is 3. The number of carboxylic acid groups (broad SMARTS) is 1. The molecule has 3 heterocycles. The van der Waals surface area contributed by atoms with Gasteiger partial charge in [-0.05, 0) is 30.5 Å². The summed E-state index contributed by atoms with van der Waals surface area (Å²) in [4.78, 5) is 45.9. The number of likely N-dealkylation sites (tertiary alicyclic amines) is 1. The van der Waals surface area contributed by atoms with Gasteiger partial charge in [0.15, 0.2) is 0 Å². The number of carbonyl (C=O) groups excluding carboxylic acids is 2. The molecular weight excluding hydrogens is 434 g/mol. The van der Waals surface area contributed by atoms with Crippen molar-refractivity contribution < 1.29 is 19.5 Å². The first-order valence-corrected chi connectivity index (χ1v) is 11.6. The monoisotopic (exact) mass is 461 g/mol. The molecule has 0 bridgehead atoms. The SMILES string of the molecule is O=C(O)C1CCN(C(=O)C(Cc2ccccc2)NC(=O)N2CCn3c2nc2ccccc23)CC1. The Balaban J connectivity index is 1.34. The predicted octanol–water partition coefficient (Wildman–Crippen LogP) is 2.50. The Hall–Kier alpha value is -3.88. The van der Waals surface area contributed by atoms with Crippen LogP contribution in [0.1, 0.15) is 18.4 Å². The van der Waals surface area contributed by atoms with E-state index in [9.17, 15) is 19.5 Å². The number of piperidine rings is 1. The van der Waals surface area contributed by atoms with Crippen LogP contribution < -0.4 is 10.2 Å². The molecule has 1 unspecified atom stereocenters. The van der Waals surface area contributed by atoms with E-state index >= 15 is 0 Å². The maximum atomic E-state index is 13.4. The maximum Gasteiger partial charge on any atom is 0.324 e. The average Bonchev–Trinajstić information content (AvgIpc) is 3.43. The number of aliphatic carboxylic acids is 1. The fourth-order valence-corrected chi connectivity index (χ4v) is 4.83. The molecule has 2 N–H and O–H groups in total. The van der Waals surface area contributed by atoms with Crippen molar-refractivity contribution in [1.29, 1.82) is 0 Å². The molecule has 1 saturated heterocycles. The van der Waals surface area contributed by atoms with Gasteiger partial charge in [0.1, 0.15) is 6.04 Å². The van der Waals surface area contributed by atoms with Crippen LogP contribution in [0.4, 0.5) is 10.7 Å². The number of hydrogen-bond donors (Lipinski definition) is 2. The summed E-state index contributed by atoms with van der Waals surface area (Å²) in [5, 5.41) is 12.2. The lowest BCUT2D eigenvalue weighted by Gasteiger charge is -2.33. The second-order valence-electron chi connectivity index (χ2n) is 8.83. The molecule has 1 aromatic heterocycles. The number of para-hydroxylation sites is 2. The Morgan fingerprint density at radius 1 is 0.971 bits per heavy atom. The molecule has 1 fully saturated rings. The van der Waals surface area contributed by atoms with Crippen molar-refractivity contribution in [2.45, 2.75) is 31.8 Å². The van der Waals surface area contributed by atoms with E-state index in [2.05, 4.69) is 10.3 Å². The Kier molecular flexibility index (Phi) is 5.91. The number of imidazole rings is 1. The number of benzene rings is 2. The van der Waals surface area contributed by atoms with Crippen molar-refractivity contribution in [2.24, 2.45) is 5.92 Å². The molecule has 3 aromatic rings. The van der Waals surface area contributed by atoms with Gasteiger partial charge >= 0.3 is 12.0 Å². The second-order valence-corrected chi connectivity index (χ2v) is 8.83. The molecular formula is C25H27N5O4. The first kappa shape index (κ1) is 21.9. The predicted molar refractivity (Wildman–Crippen MR) is 126 cm³/mol. The maximum absolute atomic E-state index is 13.4. The van der Waals surface area contributed by atoms with E-state index in [-0.39, 0.29) is 11.9 Å². The zero-order chi connectivity index (χ0) is 23.7. The number of nitrogens with one attached hydrogen (secondary N) is 1. The van der Waals surface area contributed by atoms with E-state index in [0.29, 0.717) is 51.4 Å². The van der Waals surface area contributed by atoms with Crippen LogP contribution in [0, 0.1) is 5.92 Å². The minimum atomic E-state index is -0.821. The minimum absolute atomic E-state index is 0.186. The summed E-state index contributed by atoms with van der Waals surface area (Å²) in [5.41, 5.74) is 2.74. The molecule has 2 aromatic carbocycles. The summed E-state index contributed by atoms with van der Waals surface area (Å²) in [7, 11) is 0. The van der Waals surface area contributed by atoms with Crippen molar-refractivity contribution in [1.82, 2.24) is 19.8 Å². The van der Waals surface area contributed by atoms with Crippen LogP contribution in [0.5, 0.6) is 0 Å². The van der Waals surface area contributed by atoms with Crippen molar-refractivity contribution in [3.63, 3.8) is 0 Å². The fourth-order valence-electron chi connectivity index (χ4n) is 4.83. The number of urea groups is 1. The molecule has 34 heavy (non-hydrogen) atoms. The number of rotatable bonds is 5. The molecule has 176 valence electrons. The highest BCUT2D eigenvalue weighted by Crippen LogP contribution is 2.27. The van der Waals surface area contributed by atoms with Crippen molar-refractivity contribution in [3.8, 4) is 0 Å². The Bertz CT molecular complexity index is 1220. The van der Waals surface area contributed by atoms with Gasteiger partial charge in [-0.1, -0.05) is 42.5 Å². The summed E-state index contributed by atoms with van der Waals surface area (Å²) >= 11 is 0. The van der Waals surface area contributed by atoms with Gasteiger partial charge in [0.2, 0.25) is 11.9 Å². The third-order valence-electron chi connectivity index (χ3n) is 6.70. The number of aromatic nitrogens is 2. The summed E-state index contributed by atoms with van der Waals surface area (Å²) in [6.07, 6.45) is 1.20. The molecule has 5 rings (SSSR count). The van der Waals surface area contributed by atoms with E-state index in [4.69, 9.17) is 0 Å². The number of hydrogen-bond acceptors (Lipinski definition) is 4. The summed E-state index contributed by atoms with van der Waals surface area (Å²) in [6.45, 7) is 1.87. The fraction of sp³-hybridized carbons (Fsp3) is 0.360. The van der Waals surface area contributed by atoms with Crippen LogP contribution in [0.3, 0.4) is 0 Å². The molecule has 0 aliphatic carbocycles. The van der Waals surface area contributed by atoms with E-state index in [1.807, 2.05) is 59.2 Å². The molecule has 9 heteroatoms. The zero-order valence-corrected chi connectivity index (χ0v) is 18.8. The highest BCUT2D eigenvalue weighted by atomic mass is 16.4.